The van der Waals surface area contributed by atoms with Crippen molar-refractivity contribution in [1.29, 1.82) is 0 Å². The van der Waals surface area contributed by atoms with Gasteiger partial charge in [-0.2, -0.15) is 5.06 Å². The predicted molar refractivity (Wildman–Crippen MR) is 89.7 cm³/mol. The molecular formula is C18H18ClNO3. The van der Waals surface area contributed by atoms with E-state index in [2.05, 4.69) is 0 Å². The maximum atomic E-state index is 11.1. The van der Waals surface area contributed by atoms with Crippen LogP contribution in [0.5, 0.6) is 11.5 Å². The molecule has 4 nitrogen and oxygen atoms in total. The van der Waals surface area contributed by atoms with Gasteiger partial charge in [0.2, 0.25) is 5.91 Å². The van der Waals surface area contributed by atoms with E-state index in [1.807, 2.05) is 24.3 Å². The third-order valence-electron chi connectivity index (χ3n) is 3.21. The number of hydrogen-bond donors (Lipinski definition) is 1. The molecule has 0 spiro atoms. The SMILES string of the molecule is CC(=O)N(O)C(C)=CCc1cccc(Oc2ccc(Cl)cc2)c1. The van der Waals surface area contributed by atoms with Crippen LogP contribution in [0, 0.1) is 0 Å². The maximum Gasteiger partial charge on any atom is 0.247 e. The number of allylic oxidation sites excluding steroid dienone is 2. The molecule has 0 aromatic heterocycles. The van der Waals surface area contributed by atoms with E-state index in [-0.39, 0.29) is 0 Å². The Morgan fingerprint density at radius 1 is 1.17 bits per heavy atom. The van der Waals surface area contributed by atoms with Crippen molar-refractivity contribution < 1.29 is 14.7 Å². The molecule has 0 saturated heterocycles. The third-order valence-corrected chi connectivity index (χ3v) is 3.47. The molecule has 0 aliphatic carbocycles. The molecule has 0 heterocycles. The third kappa shape index (κ3) is 5.13. The van der Waals surface area contributed by atoms with Crippen molar-refractivity contribution in [2.45, 2.75) is 20.3 Å². The highest BCUT2D eigenvalue weighted by molar-refractivity contribution is 6.30. The quantitative estimate of drug-likeness (QED) is 0.631. The van der Waals surface area contributed by atoms with Crippen molar-refractivity contribution in [1.82, 2.24) is 5.06 Å². The Kier molecular flexibility index (Phi) is 5.79. The van der Waals surface area contributed by atoms with Gasteiger partial charge in [-0.25, -0.2) is 0 Å². The van der Waals surface area contributed by atoms with Gasteiger partial charge in [-0.15, -0.1) is 0 Å². The number of rotatable bonds is 5. The zero-order valence-corrected chi connectivity index (χ0v) is 13.7. The molecule has 1 N–H and O–H groups in total. The topological polar surface area (TPSA) is 49.8 Å². The molecule has 0 atom stereocenters. The predicted octanol–water partition coefficient (Wildman–Crippen LogP) is 4.82. The minimum absolute atomic E-state index is 0.418. The van der Waals surface area contributed by atoms with E-state index in [9.17, 15) is 10.0 Å². The van der Waals surface area contributed by atoms with Gasteiger partial charge in [0, 0.05) is 17.6 Å². The number of hydroxylamine groups is 2. The Morgan fingerprint density at radius 3 is 2.52 bits per heavy atom. The van der Waals surface area contributed by atoms with Crippen LogP contribution in [0.25, 0.3) is 0 Å². The van der Waals surface area contributed by atoms with Crippen LogP contribution in [-0.2, 0) is 11.2 Å². The fourth-order valence-corrected chi connectivity index (χ4v) is 2.10. The summed E-state index contributed by atoms with van der Waals surface area (Å²) in [6.07, 6.45) is 2.36. The van der Waals surface area contributed by atoms with Gasteiger partial charge in [0.15, 0.2) is 0 Å². The number of carbonyl (C=O) groups is 1. The lowest BCUT2D eigenvalue weighted by Crippen LogP contribution is -2.22. The molecule has 23 heavy (non-hydrogen) atoms. The van der Waals surface area contributed by atoms with Gasteiger partial charge in [0.1, 0.15) is 11.5 Å². The van der Waals surface area contributed by atoms with E-state index in [4.69, 9.17) is 16.3 Å². The van der Waals surface area contributed by atoms with Crippen molar-refractivity contribution in [2.24, 2.45) is 0 Å². The fourth-order valence-electron chi connectivity index (χ4n) is 1.98. The molecule has 5 heteroatoms. The number of hydrogen-bond acceptors (Lipinski definition) is 3. The van der Waals surface area contributed by atoms with Crippen LogP contribution < -0.4 is 4.74 Å². The normalized spacial score (nSPS) is 11.2. The number of ether oxygens (including phenoxy) is 1. The van der Waals surface area contributed by atoms with Crippen LogP contribution >= 0.6 is 11.6 Å². The van der Waals surface area contributed by atoms with Gasteiger partial charge in [-0.05, 0) is 55.3 Å². The zero-order chi connectivity index (χ0) is 16.8. The maximum absolute atomic E-state index is 11.1. The average molecular weight is 332 g/mol. The van der Waals surface area contributed by atoms with E-state index < -0.39 is 5.91 Å². The van der Waals surface area contributed by atoms with Gasteiger partial charge in [0.25, 0.3) is 0 Å². The highest BCUT2D eigenvalue weighted by atomic mass is 35.5. The first kappa shape index (κ1) is 17.1. The summed E-state index contributed by atoms with van der Waals surface area (Å²) in [6.45, 7) is 2.98. The van der Waals surface area contributed by atoms with Crippen molar-refractivity contribution >= 4 is 17.5 Å². The smallest absolute Gasteiger partial charge is 0.247 e. The van der Waals surface area contributed by atoms with Gasteiger partial charge in [0.05, 0.1) is 0 Å². The summed E-state index contributed by atoms with van der Waals surface area (Å²) in [4.78, 5) is 11.1. The van der Waals surface area contributed by atoms with Gasteiger partial charge >= 0.3 is 0 Å². The van der Waals surface area contributed by atoms with E-state index in [0.29, 0.717) is 33.7 Å². The second-order valence-corrected chi connectivity index (χ2v) is 5.52. The summed E-state index contributed by atoms with van der Waals surface area (Å²) >= 11 is 5.85. The number of benzene rings is 2. The molecule has 0 radical (unpaired) electrons. The Hall–Kier alpha value is -2.30. The average Bonchev–Trinajstić information content (AvgIpc) is 2.54. The summed E-state index contributed by atoms with van der Waals surface area (Å²) in [5, 5.41) is 10.8. The van der Waals surface area contributed by atoms with Crippen LogP contribution in [0.15, 0.2) is 60.3 Å². The van der Waals surface area contributed by atoms with Gasteiger partial charge in [-0.1, -0.05) is 29.8 Å². The second kappa shape index (κ2) is 7.81. The summed E-state index contributed by atoms with van der Waals surface area (Å²) < 4.78 is 5.77. The monoisotopic (exact) mass is 331 g/mol. The lowest BCUT2D eigenvalue weighted by Gasteiger charge is -2.12. The first-order valence-corrected chi connectivity index (χ1v) is 7.52. The first-order chi connectivity index (χ1) is 11.0. The van der Waals surface area contributed by atoms with Crippen molar-refractivity contribution in [2.75, 3.05) is 0 Å². The van der Waals surface area contributed by atoms with E-state index in [0.717, 1.165) is 5.56 Å². The largest absolute Gasteiger partial charge is 0.457 e. The fraction of sp³-hybridized carbons (Fsp3) is 0.167. The standard InChI is InChI=1S/C18H18ClNO3/c1-13(20(22)14(2)21)6-7-15-4-3-5-18(12-15)23-17-10-8-16(19)9-11-17/h3-6,8-12,22H,7H2,1-2H3. The molecule has 0 aliphatic heterocycles. The van der Waals surface area contributed by atoms with Crippen LogP contribution in [0.2, 0.25) is 5.02 Å². The van der Waals surface area contributed by atoms with Crippen LogP contribution in [0.1, 0.15) is 19.4 Å². The van der Waals surface area contributed by atoms with Gasteiger partial charge < -0.3 is 4.74 Å². The number of halogens is 1. The Balaban J connectivity index is 2.06. The van der Waals surface area contributed by atoms with E-state index >= 15 is 0 Å². The molecule has 0 bridgehead atoms. The van der Waals surface area contributed by atoms with Crippen molar-refractivity contribution in [3.05, 3.63) is 70.9 Å². The highest BCUT2D eigenvalue weighted by Gasteiger charge is 2.06. The van der Waals surface area contributed by atoms with Crippen LogP contribution in [0.3, 0.4) is 0 Å². The number of amides is 1. The molecule has 0 aliphatic rings. The summed E-state index contributed by atoms with van der Waals surface area (Å²) in [5.41, 5.74) is 1.49. The molecule has 0 unspecified atom stereocenters. The second-order valence-electron chi connectivity index (χ2n) is 5.08. The number of carbonyl (C=O) groups excluding carboxylic acids is 1. The summed E-state index contributed by atoms with van der Waals surface area (Å²) in [7, 11) is 0. The van der Waals surface area contributed by atoms with Crippen LogP contribution in [0.4, 0.5) is 0 Å². The molecule has 0 saturated carbocycles. The molecular weight excluding hydrogens is 314 g/mol. The van der Waals surface area contributed by atoms with Gasteiger partial charge in [-0.3, -0.25) is 10.0 Å². The van der Waals surface area contributed by atoms with Crippen molar-refractivity contribution in [3.63, 3.8) is 0 Å². The molecule has 1 amide bonds. The minimum Gasteiger partial charge on any atom is -0.457 e. The zero-order valence-electron chi connectivity index (χ0n) is 13.0. The molecule has 2 aromatic rings. The van der Waals surface area contributed by atoms with Crippen molar-refractivity contribution in [3.8, 4) is 11.5 Å². The Morgan fingerprint density at radius 2 is 1.87 bits per heavy atom. The molecule has 2 aromatic carbocycles. The highest BCUT2D eigenvalue weighted by Crippen LogP contribution is 2.24. The minimum atomic E-state index is -0.418. The lowest BCUT2D eigenvalue weighted by atomic mass is 10.1. The summed E-state index contributed by atoms with van der Waals surface area (Å²) in [6, 6.07) is 14.8. The first-order valence-electron chi connectivity index (χ1n) is 7.14. The van der Waals surface area contributed by atoms with Crippen LogP contribution in [-0.4, -0.2) is 16.2 Å². The molecule has 120 valence electrons. The van der Waals surface area contributed by atoms with E-state index in [1.54, 1.807) is 37.3 Å². The summed E-state index contributed by atoms with van der Waals surface area (Å²) in [5.74, 6) is 0.998. The Bertz CT molecular complexity index is 710. The molecule has 0 fully saturated rings. The number of nitrogens with zero attached hydrogens (tertiary/aromatic N) is 1. The Labute approximate surface area is 140 Å². The van der Waals surface area contributed by atoms with E-state index in [1.165, 1.54) is 6.92 Å². The molecule has 2 rings (SSSR count). The lowest BCUT2D eigenvalue weighted by molar-refractivity contribution is -0.154.